The van der Waals surface area contributed by atoms with Gasteiger partial charge in [0.2, 0.25) is 5.91 Å². The zero-order chi connectivity index (χ0) is 39.3. The Morgan fingerprint density at radius 3 is 2.31 bits per heavy atom. The van der Waals surface area contributed by atoms with Crippen molar-refractivity contribution in [2.75, 3.05) is 65.9 Å². The number of imidazole rings is 1. The van der Waals surface area contributed by atoms with E-state index in [1.54, 1.807) is 9.80 Å². The monoisotopic (exact) mass is 776 g/mol. The molecule has 0 radical (unpaired) electrons. The summed E-state index contributed by atoms with van der Waals surface area (Å²) in [6, 6.07) is 6.72. The summed E-state index contributed by atoms with van der Waals surface area (Å²) in [7, 11) is 6.51. The second kappa shape index (κ2) is 17.5. The van der Waals surface area contributed by atoms with Crippen LogP contribution in [0.25, 0.3) is 22.4 Å². The van der Waals surface area contributed by atoms with Crippen LogP contribution < -0.4 is 5.32 Å². The van der Waals surface area contributed by atoms with Gasteiger partial charge in [0, 0.05) is 75.7 Å². The van der Waals surface area contributed by atoms with Gasteiger partial charge in [-0.05, 0) is 44.8 Å². The number of anilines is 1. The number of hydrogen-bond donors (Lipinski definition) is 2. The number of hydrogen-bond acceptors (Lipinski definition) is 8. The average molecular weight is 777 g/mol. The van der Waals surface area contributed by atoms with Gasteiger partial charge in [-0.25, -0.2) is 22.5 Å². The molecule has 0 aliphatic carbocycles. The molecule has 2 N–H and O–H groups in total. The van der Waals surface area contributed by atoms with Gasteiger partial charge in [0.05, 0.1) is 47.9 Å². The highest BCUT2D eigenvalue weighted by Crippen LogP contribution is 2.36. The highest BCUT2D eigenvalue weighted by Gasteiger charge is 2.28. The number of aromatic nitrogens is 4. The number of alkyl halides is 2. The van der Waals surface area contributed by atoms with Crippen molar-refractivity contribution in [3.8, 4) is 22.4 Å². The molecule has 13 nitrogen and oxygen atoms in total. The second-order valence-electron chi connectivity index (χ2n) is 13.1. The minimum atomic E-state index is -3.02. The van der Waals surface area contributed by atoms with E-state index < -0.39 is 41.3 Å². The van der Waals surface area contributed by atoms with Crippen LogP contribution in [0.15, 0.2) is 42.7 Å². The fourth-order valence-electron chi connectivity index (χ4n) is 6.26. The third kappa shape index (κ3) is 8.92. The largest absolute Gasteiger partial charge is 0.392 e. The molecular weight excluding hydrogens is 736 g/mol. The molecule has 290 valence electrons. The lowest BCUT2D eigenvalue weighted by molar-refractivity contribution is -0.133. The van der Waals surface area contributed by atoms with Gasteiger partial charge in [0.15, 0.2) is 17.5 Å². The van der Waals surface area contributed by atoms with Gasteiger partial charge in [-0.1, -0.05) is 17.7 Å². The summed E-state index contributed by atoms with van der Waals surface area (Å²) in [5.74, 6) is -4.01. The zero-order valence-corrected chi connectivity index (χ0v) is 30.9. The van der Waals surface area contributed by atoms with E-state index in [9.17, 15) is 28.3 Å². The van der Waals surface area contributed by atoms with E-state index in [-0.39, 0.29) is 70.3 Å². The Bertz CT molecular complexity index is 2000. The van der Waals surface area contributed by atoms with Gasteiger partial charge in [-0.15, -0.1) is 0 Å². The van der Waals surface area contributed by atoms with E-state index in [0.717, 1.165) is 16.9 Å². The molecular formula is C36H41ClF4N8O5. The van der Waals surface area contributed by atoms with Crippen LogP contribution in [0.3, 0.4) is 0 Å². The summed E-state index contributed by atoms with van der Waals surface area (Å²) in [5, 5.41) is 16.7. The van der Waals surface area contributed by atoms with Crippen LogP contribution in [0.5, 0.6) is 0 Å². The van der Waals surface area contributed by atoms with Crippen molar-refractivity contribution < 1.29 is 41.8 Å². The Morgan fingerprint density at radius 1 is 1.00 bits per heavy atom. The van der Waals surface area contributed by atoms with Crippen molar-refractivity contribution in [2.24, 2.45) is 7.05 Å². The Kier molecular flexibility index (Phi) is 13.1. The van der Waals surface area contributed by atoms with Crippen molar-refractivity contribution in [1.29, 1.82) is 0 Å². The lowest BCUT2D eigenvalue weighted by Gasteiger charge is -2.35. The summed E-state index contributed by atoms with van der Waals surface area (Å²) in [5.41, 5.74) is -1.04. The average Bonchev–Trinajstić information content (AvgIpc) is 3.74. The third-order valence-electron chi connectivity index (χ3n) is 9.08. The number of benzene rings is 2. The number of nitrogens with zero attached hydrogens (tertiary/aromatic N) is 7. The molecule has 0 bridgehead atoms. The number of methoxy groups -OCH3 is 1. The van der Waals surface area contributed by atoms with Gasteiger partial charge in [0.1, 0.15) is 5.69 Å². The molecule has 1 saturated heterocycles. The highest BCUT2D eigenvalue weighted by molar-refractivity contribution is 6.34. The Balaban J connectivity index is 1.23. The fraction of sp³-hybridized carbons (Fsp3) is 0.417. The first kappa shape index (κ1) is 40.3. The minimum absolute atomic E-state index is 0.0134. The van der Waals surface area contributed by atoms with E-state index >= 15 is 8.78 Å². The maximum absolute atomic E-state index is 15.5. The van der Waals surface area contributed by atoms with Crippen LogP contribution in [0.1, 0.15) is 45.9 Å². The van der Waals surface area contributed by atoms with Crippen LogP contribution in [0.2, 0.25) is 5.02 Å². The van der Waals surface area contributed by atoms with Gasteiger partial charge in [-0.3, -0.25) is 19.1 Å². The molecule has 54 heavy (non-hydrogen) atoms. The molecule has 1 aliphatic heterocycles. The number of amides is 3. The summed E-state index contributed by atoms with van der Waals surface area (Å²) in [6.45, 7) is 1.81. The molecule has 3 heterocycles. The number of rotatable bonds is 14. The van der Waals surface area contributed by atoms with Gasteiger partial charge in [-0.2, -0.15) is 5.10 Å². The number of aliphatic hydroxyl groups excluding tert-OH is 1. The lowest BCUT2D eigenvalue weighted by atomic mass is 10.0. The summed E-state index contributed by atoms with van der Waals surface area (Å²) >= 11 is 6.47. The number of ether oxygens (including phenoxy) is 1. The molecule has 18 heteroatoms. The molecule has 3 amide bonds. The number of halogens is 5. The normalized spacial score (nSPS) is 13.9. The number of carbonyl (C=O) groups excluding carboxylic acids is 3. The standard InChI is InChI=1S/C36H41ClF4N8O5/c1-45(2)20-22(50)6-10-29(51)47-11-13-48(14-12-47)36(53)24-7-5-21(17-27(24)37)44-35(52)34-42-19-28(46(34)3)25-9-8-23(30(38)31(25)39)26-18-43-49(15-16-54-4)32(26)33(40)41/h5,7-9,17-19,22,33,50H,6,10-16,20H2,1-4H3,(H,44,52)/t22-/m1/s1. The van der Waals surface area contributed by atoms with Crippen molar-refractivity contribution in [1.82, 2.24) is 34.0 Å². The van der Waals surface area contributed by atoms with Crippen LogP contribution >= 0.6 is 11.6 Å². The Morgan fingerprint density at radius 2 is 1.67 bits per heavy atom. The summed E-state index contributed by atoms with van der Waals surface area (Å²) < 4.78 is 66.0. The van der Waals surface area contributed by atoms with Crippen molar-refractivity contribution in [3.05, 3.63) is 76.5 Å². The molecule has 0 unspecified atom stereocenters. The van der Waals surface area contributed by atoms with E-state index in [0.29, 0.717) is 39.1 Å². The van der Waals surface area contributed by atoms with Crippen molar-refractivity contribution in [3.63, 3.8) is 0 Å². The molecule has 5 rings (SSSR count). The number of aliphatic hydroxyl groups is 1. The number of likely N-dealkylation sites (N-methyl/N-ethyl adjacent to an activating group) is 1. The molecule has 0 spiro atoms. The van der Waals surface area contributed by atoms with Crippen molar-refractivity contribution >= 4 is 35.0 Å². The predicted octanol–water partition coefficient (Wildman–Crippen LogP) is 4.71. The smallest absolute Gasteiger partial charge is 0.291 e. The second-order valence-corrected chi connectivity index (χ2v) is 13.5. The molecule has 2 aromatic heterocycles. The van der Waals surface area contributed by atoms with Crippen LogP contribution in [0.4, 0.5) is 23.2 Å². The van der Waals surface area contributed by atoms with Crippen LogP contribution in [0, 0.1) is 11.6 Å². The Labute approximate surface area is 314 Å². The van der Waals surface area contributed by atoms with Crippen molar-refractivity contribution in [2.45, 2.75) is 31.9 Å². The molecule has 1 aliphatic rings. The van der Waals surface area contributed by atoms with Crippen LogP contribution in [-0.4, -0.2) is 123 Å². The lowest BCUT2D eigenvalue weighted by Crippen LogP contribution is -2.50. The van der Waals surface area contributed by atoms with E-state index in [1.165, 1.54) is 49.2 Å². The Hall–Kier alpha value is -4.84. The zero-order valence-electron chi connectivity index (χ0n) is 30.2. The van der Waals surface area contributed by atoms with E-state index in [1.807, 2.05) is 19.0 Å². The third-order valence-corrected chi connectivity index (χ3v) is 9.39. The molecule has 1 atom stereocenters. The SMILES string of the molecule is COCCn1ncc(-c2ccc(-c3cnc(C(=O)Nc4ccc(C(=O)N5CCN(C(=O)CC[C@@H](O)CN(C)C)CC5)c(Cl)c4)n3C)c(F)c2F)c1C(F)F. The van der Waals surface area contributed by atoms with E-state index in [2.05, 4.69) is 15.4 Å². The molecule has 1 fully saturated rings. The molecule has 2 aromatic carbocycles. The summed E-state index contributed by atoms with van der Waals surface area (Å²) in [4.78, 5) is 48.3. The maximum atomic E-state index is 15.5. The van der Waals surface area contributed by atoms with Crippen LogP contribution in [-0.2, 0) is 23.1 Å². The first-order valence-electron chi connectivity index (χ1n) is 17.1. The fourth-order valence-corrected chi connectivity index (χ4v) is 6.52. The first-order valence-corrected chi connectivity index (χ1v) is 17.4. The molecule has 0 saturated carbocycles. The number of carbonyl (C=O) groups is 3. The van der Waals surface area contributed by atoms with Gasteiger partial charge < -0.3 is 34.4 Å². The van der Waals surface area contributed by atoms with Gasteiger partial charge >= 0.3 is 0 Å². The van der Waals surface area contributed by atoms with Gasteiger partial charge in [0.25, 0.3) is 18.2 Å². The predicted molar refractivity (Wildman–Crippen MR) is 192 cm³/mol. The minimum Gasteiger partial charge on any atom is -0.392 e. The van der Waals surface area contributed by atoms with E-state index in [4.69, 9.17) is 16.3 Å². The first-order chi connectivity index (χ1) is 25.7. The molecule has 4 aromatic rings. The number of piperazine rings is 1. The maximum Gasteiger partial charge on any atom is 0.291 e. The summed E-state index contributed by atoms with van der Waals surface area (Å²) in [6.07, 6.45) is -0.843. The highest BCUT2D eigenvalue weighted by atomic mass is 35.5. The number of nitrogens with one attached hydrogen (secondary N) is 1. The topological polar surface area (TPSA) is 138 Å². The quantitative estimate of drug-likeness (QED) is 0.176.